The molecule has 76 valence electrons. The fourth-order valence-electron chi connectivity index (χ4n) is 2.23. The maximum absolute atomic E-state index is 5.90. The molecule has 0 aromatic heterocycles. The lowest BCUT2D eigenvalue weighted by Crippen LogP contribution is -2.12. The molecule has 2 nitrogen and oxygen atoms in total. The lowest BCUT2D eigenvalue weighted by molar-refractivity contribution is 0.848. The third-order valence-corrected chi connectivity index (χ3v) is 3.01. The van der Waals surface area contributed by atoms with Crippen molar-refractivity contribution in [1.82, 2.24) is 0 Å². The Kier molecular flexibility index (Phi) is 2.14. The van der Waals surface area contributed by atoms with Gasteiger partial charge < -0.3 is 10.6 Å². The molecule has 0 aliphatic carbocycles. The summed E-state index contributed by atoms with van der Waals surface area (Å²) in [5.41, 5.74) is 11.0. The molecule has 1 aliphatic heterocycles. The number of anilines is 2. The van der Waals surface area contributed by atoms with Crippen molar-refractivity contribution in [2.75, 3.05) is 24.2 Å². The van der Waals surface area contributed by atoms with E-state index in [9.17, 15) is 0 Å². The van der Waals surface area contributed by atoms with Gasteiger partial charge in [-0.2, -0.15) is 0 Å². The summed E-state index contributed by atoms with van der Waals surface area (Å²) in [7, 11) is 2.13. The number of hydrogen-bond donors (Lipinski definition) is 1. The second-order valence-corrected chi connectivity index (χ2v) is 4.43. The van der Waals surface area contributed by atoms with Crippen LogP contribution in [0.4, 0.5) is 11.4 Å². The standard InChI is InChI=1S/C12H18N2/c1-8(2)11-6-9(13)7-12-10(11)4-5-14(12)3/h6-8H,4-5,13H2,1-3H3. The third-order valence-electron chi connectivity index (χ3n) is 3.01. The summed E-state index contributed by atoms with van der Waals surface area (Å²) >= 11 is 0. The number of nitrogens with two attached hydrogens (primary N) is 1. The van der Waals surface area contributed by atoms with Crippen molar-refractivity contribution in [1.29, 1.82) is 0 Å². The Hall–Kier alpha value is -1.18. The molecular weight excluding hydrogens is 172 g/mol. The van der Waals surface area contributed by atoms with Crippen LogP contribution >= 0.6 is 0 Å². The molecule has 0 fully saturated rings. The van der Waals surface area contributed by atoms with E-state index >= 15 is 0 Å². The van der Waals surface area contributed by atoms with Crippen molar-refractivity contribution in [2.24, 2.45) is 0 Å². The smallest absolute Gasteiger partial charge is 0.0420 e. The van der Waals surface area contributed by atoms with Crippen LogP contribution < -0.4 is 10.6 Å². The lowest BCUT2D eigenvalue weighted by atomic mass is 9.95. The van der Waals surface area contributed by atoms with Crippen molar-refractivity contribution in [2.45, 2.75) is 26.2 Å². The maximum atomic E-state index is 5.90. The Bertz CT molecular complexity index is 356. The Morgan fingerprint density at radius 3 is 2.71 bits per heavy atom. The van der Waals surface area contributed by atoms with Crippen LogP contribution in [0.3, 0.4) is 0 Å². The van der Waals surface area contributed by atoms with Crippen LogP contribution in [0.2, 0.25) is 0 Å². The van der Waals surface area contributed by atoms with E-state index in [0.717, 1.165) is 12.2 Å². The average Bonchev–Trinajstić information content (AvgIpc) is 2.47. The summed E-state index contributed by atoms with van der Waals surface area (Å²) < 4.78 is 0. The highest BCUT2D eigenvalue weighted by Gasteiger charge is 2.20. The number of fused-ring (bicyclic) bond motifs is 1. The van der Waals surface area contributed by atoms with Gasteiger partial charge >= 0.3 is 0 Å². The number of nitrogens with zero attached hydrogens (tertiary/aromatic N) is 1. The summed E-state index contributed by atoms with van der Waals surface area (Å²) in [5, 5.41) is 0. The topological polar surface area (TPSA) is 29.3 Å². The number of likely N-dealkylation sites (N-methyl/N-ethyl adjacent to an activating group) is 1. The van der Waals surface area contributed by atoms with Crippen LogP contribution in [-0.4, -0.2) is 13.6 Å². The Morgan fingerprint density at radius 2 is 2.07 bits per heavy atom. The van der Waals surface area contributed by atoms with Crippen molar-refractivity contribution in [3.8, 4) is 0 Å². The minimum absolute atomic E-state index is 0.568. The average molecular weight is 190 g/mol. The number of nitrogen functional groups attached to an aromatic ring is 1. The van der Waals surface area contributed by atoms with Crippen molar-refractivity contribution < 1.29 is 0 Å². The van der Waals surface area contributed by atoms with Gasteiger partial charge in [-0.1, -0.05) is 13.8 Å². The van der Waals surface area contributed by atoms with Gasteiger partial charge in [-0.3, -0.25) is 0 Å². The van der Waals surface area contributed by atoms with Gasteiger partial charge in [0.05, 0.1) is 0 Å². The van der Waals surface area contributed by atoms with Crippen LogP contribution in [0.1, 0.15) is 30.9 Å². The molecule has 0 saturated heterocycles. The molecule has 14 heavy (non-hydrogen) atoms. The quantitative estimate of drug-likeness (QED) is 0.689. The van der Waals surface area contributed by atoms with E-state index in [0.29, 0.717) is 5.92 Å². The Morgan fingerprint density at radius 1 is 1.36 bits per heavy atom. The van der Waals surface area contributed by atoms with E-state index in [1.807, 2.05) is 0 Å². The SMILES string of the molecule is CC(C)c1cc(N)cc2c1CCN2C. The number of hydrogen-bond acceptors (Lipinski definition) is 2. The van der Waals surface area contributed by atoms with Gasteiger partial charge in [-0.05, 0) is 35.6 Å². The molecular formula is C12H18N2. The molecule has 0 atom stereocenters. The molecule has 1 heterocycles. The van der Waals surface area contributed by atoms with E-state index in [2.05, 4.69) is 37.9 Å². The van der Waals surface area contributed by atoms with E-state index < -0.39 is 0 Å². The zero-order chi connectivity index (χ0) is 10.3. The van der Waals surface area contributed by atoms with Crippen molar-refractivity contribution in [3.05, 3.63) is 23.3 Å². The first-order valence-electron chi connectivity index (χ1n) is 5.23. The summed E-state index contributed by atoms with van der Waals surface area (Å²) in [4.78, 5) is 2.29. The van der Waals surface area contributed by atoms with Crippen LogP contribution in [0.25, 0.3) is 0 Å². The summed E-state index contributed by atoms with van der Waals surface area (Å²) in [6.07, 6.45) is 1.17. The van der Waals surface area contributed by atoms with E-state index in [4.69, 9.17) is 5.73 Å². The van der Waals surface area contributed by atoms with E-state index in [1.54, 1.807) is 0 Å². The fourth-order valence-corrected chi connectivity index (χ4v) is 2.23. The van der Waals surface area contributed by atoms with Gasteiger partial charge in [0.2, 0.25) is 0 Å². The predicted octanol–water partition coefficient (Wildman–Crippen LogP) is 2.38. The Labute approximate surface area is 85.7 Å². The zero-order valence-electron chi connectivity index (χ0n) is 9.17. The number of rotatable bonds is 1. The van der Waals surface area contributed by atoms with E-state index in [-0.39, 0.29) is 0 Å². The molecule has 2 rings (SSSR count). The van der Waals surface area contributed by atoms with Gasteiger partial charge in [0.25, 0.3) is 0 Å². The second kappa shape index (κ2) is 3.19. The summed E-state index contributed by atoms with van der Waals surface area (Å²) in [6.45, 7) is 5.58. The third kappa shape index (κ3) is 1.35. The molecule has 0 radical (unpaired) electrons. The van der Waals surface area contributed by atoms with Crippen LogP contribution in [0.5, 0.6) is 0 Å². The molecule has 0 spiro atoms. The summed E-state index contributed by atoms with van der Waals surface area (Å²) in [5.74, 6) is 0.568. The minimum Gasteiger partial charge on any atom is -0.399 e. The first kappa shape index (κ1) is 9.38. The van der Waals surface area contributed by atoms with Crippen LogP contribution in [0, 0.1) is 0 Å². The zero-order valence-corrected chi connectivity index (χ0v) is 9.17. The molecule has 0 unspecified atom stereocenters. The second-order valence-electron chi connectivity index (χ2n) is 4.43. The van der Waals surface area contributed by atoms with Gasteiger partial charge in [-0.15, -0.1) is 0 Å². The van der Waals surface area contributed by atoms with Gasteiger partial charge in [0.15, 0.2) is 0 Å². The first-order chi connectivity index (χ1) is 6.59. The highest BCUT2D eigenvalue weighted by Crippen LogP contribution is 2.35. The fraction of sp³-hybridized carbons (Fsp3) is 0.500. The largest absolute Gasteiger partial charge is 0.399 e. The first-order valence-corrected chi connectivity index (χ1v) is 5.23. The van der Waals surface area contributed by atoms with Crippen LogP contribution in [-0.2, 0) is 6.42 Å². The summed E-state index contributed by atoms with van der Waals surface area (Å²) in [6, 6.07) is 4.22. The molecule has 2 heteroatoms. The van der Waals surface area contributed by atoms with Crippen molar-refractivity contribution in [3.63, 3.8) is 0 Å². The molecule has 0 bridgehead atoms. The molecule has 0 amide bonds. The van der Waals surface area contributed by atoms with Crippen LogP contribution in [0.15, 0.2) is 12.1 Å². The van der Waals surface area contributed by atoms with E-state index in [1.165, 1.54) is 23.2 Å². The molecule has 1 aliphatic rings. The number of benzene rings is 1. The predicted molar refractivity (Wildman–Crippen MR) is 61.9 cm³/mol. The minimum atomic E-state index is 0.568. The van der Waals surface area contributed by atoms with Crippen molar-refractivity contribution >= 4 is 11.4 Å². The molecule has 1 aromatic rings. The monoisotopic (exact) mass is 190 g/mol. The maximum Gasteiger partial charge on any atom is 0.0420 e. The highest BCUT2D eigenvalue weighted by atomic mass is 15.1. The molecule has 2 N–H and O–H groups in total. The van der Waals surface area contributed by atoms with Gasteiger partial charge in [0, 0.05) is 25.0 Å². The highest BCUT2D eigenvalue weighted by molar-refractivity contribution is 5.67. The van der Waals surface area contributed by atoms with Gasteiger partial charge in [0.1, 0.15) is 0 Å². The Balaban J connectivity index is 2.57. The lowest BCUT2D eigenvalue weighted by Gasteiger charge is -2.16. The normalized spacial score (nSPS) is 15.0. The molecule has 1 aromatic carbocycles. The molecule has 0 saturated carbocycles. The van der Waals surface area contributed by atoms with Gasteiger partial charge in [-0.25, -0.2) is 0 Å².